The molecule has 0 amide bonds. The van der Waals surface area contributed by atoms with Crippen LogP contribution in [0.15, 0.2) is 52.3 Å². The lowest BCUT2D eigenvalue weighted by molar-refractivity contribution is -0.137. The molecular weight excluding hydrogens is 442 g/mol. The number of aliphatic hydroxyl groups is 1. The van der Waals surface area contributed by atoms with Crippen LogP contribution >= 0.6 is 35.8 Å². The largest absolute Gasteiger partial charge is 0.416 e. The molecule has 0 aliphatic heterocycles. The first-order chi connectivity index (χ1) is 13.2. The lowest BCUT2D eigenvalue weighted by Crippen LogP contribution is -2.43. The molecule has 3 N–H and O–H groups in total. The van der Waals surface area contributed by atoms with Crippen LogP contribution in [0, 0.1) is 0 Å². The summed E-state index contributed by atoms with van der Waals surface area (Å²) in [6.07, 6.45) is -0.437. The van der Waals surface area contributed by atoms with Gasteiger partial charge >= 0.3 is 6.18 Å². The van der Waals surface area contributed by atoms with Crippen LogP contribution in [-0.2, 0) is 12.6 Å². The normalized spacial score (nSPS) is 13.6. The van der Waals surface area contributed by atoms with E-state index < -0.39 is 17.3 Å². The Balaban J connectivity index is 0.00000420. The fraction of sp³-hybridized carbons (Fsp3) is 0.429. The molecule has 0 saturated carbocycles. The minimum absolute atomic E-state index is 0. The van der Waals surface area contributed by atoms with Gasteiger partial charge < -0.3 is 10.8 Å². The van der Waals surface area contributed by atoms with Crippen molar-refractivity contribution < 1.29 is 18.3 Å². The van der Waals surface area contributed by atoms with Gasteiger partial charge in [-0.05, 0) is 61.6 Å². The summed E-state index contributed by atoms with van der Waals surface area (Å²) < 4.78 is 38.5. The molecule has 0 saturated heterocycles. The molecule has 0 aliphatic carbocycles. The van der Waals surface area contributed by atoms with Crippen LogP contribution < -0.4 is 5.73 Å². The van der Waals surface area contributed by atoms with Crippen molar-refractivity contribution in [2.24, 2.45) is 5.73 Å². The smallest absolute Gasteiger partial charge is 0.394 e. The van der Waals surface area contributed by atoms with Crippen molar-refractivity contribution in [2.75, 3.05) is 6.61 Å². The van der Waals surface area contributed by atoms with Gasteiger partial charge in [0.2, 0.25) is 0 Å². The molecule has 2 aromatic carbocycles. The summed E-state index contributed by atoms with van der Waals surface area (Å²) in [5.41, 5.74) is 5.94. The van der Waals surface area contributed by atoms with Crippen molar-refractivity contribution in [1.82, 2.24) is 0 Å². The summed E-state index contributed by atoms with van der Waals surface area (Å²) in [6.45, 7) is 2.00. The van der Waals surface area contributed by atoms with Crippen LogP contribution in [0.3, 0.4) is 0 Å². The molecule has 0 fully saturated rings. The van der Waals surface area contributed by atoms with Gasteiger partial charge in [-0.25, -0.2) is 0 Å². The molecule has 2 aromatic rings. The van der Waals surface area contributed by atoms with Crippen LogP contribution in [0.2, 0.25) is 5.02 Å². The topological polar surface area (TPSA) is 46.2 Å². The number of halogens is 5. The number of hydrogen-bond donors (Lipinski definition) is 2. The zero-order valence-electron chi connectivity index (χ0n) is 16.1. The number of rotatable bonds is 9. The van der Waals surface area contributed by atoms with Gasteiger partial charge in [-0.3, -0.25) is 0 Å². The highest BCUT2D eigenvalue weighted by Gasteiger charge is 2.30. The second kappa shape index (κ2) is 11.5. The number of aryl methyl sites for hydroxylation is 1. The Hall–Kier alpha value is -0.920. The fourth-order valence-corrected chi connectivity index (χ4v) is 4.34. The Morgan fingerprint density at radius 2 is 1.76 bits per heavy atom. The Morgan fingerprint density at radius 3 is 2.34 bits per heavy atom. The van der Waals surface area contributed by atoms with Crippen LogP contribution in [-0.4, -0.2) is 17.3 Å². The van der Waals surface area contributed by atoms with E-state index in [1.165, 1.54) is 17.8 Å². The monoisotopic (exact) mass is 467 g/mol. The van der Waals surface area contributed by atoms with Crippen LogP contribution in [0.25, 0.3) is 0 Å². The van der Waals surface area contributed by atoms with Gasteiger partial charge in [0.1, 0.15) is 0 Å². The minimum Gasteiger partial charge on any atom is -0.394 e. The Morgan fingerprint density at radius 1 is 1.07 bits per heavy atom. The zero-order chi connectivity index (χ0) is 20.8. The molecule has 1 atom stereocenters. The third kappa shape index (κ3) is 8.02. The van der Waals surface area contributed by atoms with E-state index in [-0.39, 0.29) is 19.0 Å². The Bertz CT molecular complexity index is 789. The van der Waals surface area contributed by atoms with Gasteiger partial charge in [-0.15, -0.1) is 12.4 Å². The Kier molecular flexibility index (Phi) is 10.3. The molecule has 162 valence electrons. The van der Waals surface area contributed by atoms with Gasteiger partial charge in [-0.1, -0.05) is 48.8 Å². The predicted molar refractivity (Wildman–Crippen MR) is 116 cm³/mol. The molecule has 0 heterocycles. The van der Waals surface area contributed by atoms with Crippen molar-refractivity contribution in [3.8, 4) is 0 Å². The SMILES string of the molecule is CCC[C@](N)(CO)CCCc1ccc(Sc2cccc(C(F)(F)F)c2)cc1Cl.Cl. The molecule has 0 radical (unpaired) electrons. The lowest BCUT2D eigenvalue weighted by atomic mass is 9.89. The first kappa shape index (κ1) is 26.1. The first-order valence-corrected chi connectivity index (χ1v) is 10.4. The van der Waals surface area contributed by atoms with Gasteiger partial charge in [0.05, 0.1) is 12.2 Å². The van der Waals surface area contributed by atoms with E-state index in [9.17, 15) is 18.3 Å². The molecule has 0 aliphatic rings. The third-order valence-electron chi connectivity index (χ3n) is 4.61. The maximum atomic E-state index is 12.8. The van der Waals surface area contributed by atoms with Crippen molar-refractivity contribution in [2.45, 2.75) is 60.5 Å². The second-order valence-electron chi connectivity index (χ2n) is 7.00. The molecule has 2 nitrogen and oxygen atoms in total. The van der Waals surface area contributed by atoms with Crippen molar-refractivity contribution in [3.63, 3.8) is 0 Å². The summed E-state index contributed by atoms with van der Waals surface area (Å²) in [7, 11) is 0. The molecule has 0 spiro atoms. The quantitative estimate of drug-likeness (QED) is 0.428. The van der Waals surface area contributed by atoms with E-state index in [1.807, 2.05) is 19.1 Å². The highest BCUT2D eigenvalue weighted by atomic mass is 35.5. The number of hydrogen-bond acceptors (Lipinski definition) is 3. The average molecular weight is 468 g/mol. The predicted octanol–water partition coefficient (Wildman–Crippen LogP) is 6.74. The number of aliphatic hydroxyl groups excluding tert-OH is 1. The highest BCUT2D eigenvalue weighted by Crippen LogP contribution is 2.35. The second-order valence-corrected chi connectivity index (χ2v) is 8.56. The van der Waals surface area contributed by atoms with E-state index in [0.29, 0.717) is 16.3 Å². The average Bonchev–Trinajstić information content (AvgIpc) is 2.63. The lowest BCUT2D eigenvalue weighted by Gasteiger charge is -2.26. The molecule has 8 heteroatoms. The molecule has 2 rings (SSSR count). The standard InChI is InChI=1S/C21H25ClF3NOS.ClH/c1-2-10-20(26,14-27)11-4-5-15-8-9-18(13-19(15)22)28-17-7-3-6-16(12-17)21(23,24)25;/h3,6-9,12-13,27H,2,4-5,10-11,14,26H2,1H3;1H/t20-;/m1./s1. The van der Waals surface area contributed by atoms with Crippen molar-refractivity contribution >= 4 is 35.8 Å². The number of nitrogens with two attached hydrogens (primary N) is 1. The summed E-state index contributed by atoms with van der Waals surface area (Å²) in [5, 5.41) is 10.1. The highest BCUT2D eigenvalue weighted by molar-refractivity contribution is 7.99. The minimum atomic E-state index is -4.36. The van der Waals surface area contributed by atoms with Gasteiger partial charge in [0.25, 0.3) is 0 Å². The first-order valence-electron chi connectivity index (χ1n) is 9.20. The van der Waals surface area contributed by atoms with E-state index in [0.717, 1.165) is 48.3 Å². The van der Waals surface area contributed by atoms with E-state index in [2.05, 4.69) is 0 Å². The molecule has 0 aromatic heterocycles. The number of benzene rings is 2. The van der Waals surface area contributed by atoms with Gasteiger partial charge in [0.15, 0.2) is 0 Å². The maximum absolute atomic E-state index is 12.8. The molecule has 0 unspecified atom stereocenters. The van der Waals surface area contributed by atoms with E-state index in [4.69, 9.17) is 17.3 Å². The molecular formula is C21H26Cl2F3NOS. The summed E-state index contributed by atoms with van der Waals surface area (Å²) in [6, 6.07) is 10.8. The van der Waals surface area contributed by atoms with Crippen molar-refractivity contribution in [3.05, 3.63) is 58.6 Å². The van der Waals surface area contributed by atoms with Crippen LogP contribution in [0.5, 0.6) is 0 Å². The van der Waals surface area contributed by atoms with E-state index >= 15 is 0 Å². The molecule has 29 heavy (non-hydrogen) atoms. The van der Waals surface area contributed by atoms with Crippen LogP contribution in [0.1, 0.15) is 43.7 Å². The van der Waals surface area contributed by atoms with Crippen LogP contribution in [0.4, 0.5) is 13.2 Å². The Labute approximate surface area is 185 Å². The maximum Gasteiger partial charge on any atom is 0.416 e. The zero-order valence-corrected chi connectivity index (χ0v) is 18.5. The summed E-state index contributed by atoms with van der Waals surface area (Å²) in [5.74, 6) is 0. The molecule has 0 bridgehead atoms. The third-order valence-corrected chi connectivity index (χ3v) is 5.94. The summed E-state index contributed by atoms with van der Waals surface area (Å²) in [4.78, 5) is 1.29. The number of alkyl halides is 3. The van der Waals surface area contributed by atoms with Gasteiger partial charge in [0, 0.05) is 20.4 Å². The van der Waals surface area contributed by atoms with Gasteiger partial charge in [-0.2, -0.15) is 13.2 Å². The summed E-state index contributed by atoms with van der Waals surface area (Å²) >= 11 is 7.61. The fourth-order valence-electron chi connectivity index (χ4n) is 3.08. The van der Waals surface area contributed by atoms with Crippen molar-refractivity contribution in [1.29, 1.82) is 0 Å². The van der Waals surface area contributed by atoms with E-state index in [1.54, 1.807) is 12.1 Å².